The average molecular weight is 599 g/mol. The van der Waals surface area contributed by atoms with Gasteiger partial charge in [-0.1, -0.05) is 22.0 Å². The monoisotopic (exact) mass is 598 g/mol. The molecule has 1 N–H and O–H groups in total. The molecule has 1 saturated carbocycles. The largest absolute Gasteiger partial charge is 0.455 e. The van der Waals surface area contributed by atoms with Crippen LogP contribution in [-0.2, 0) is 16.6 Å². The second-order valence-electron chi connectivity index (χ2n) is 9.32. The van der Waals surface area contributed by atoms with Crippen LogP contribution >= 0.6 is 15.9 Å². The molecule has 1 fully saturated rings. The SMILES string of the molecule is CNC(=O)c1c(-c2ccc(F)cc2)oc2cc(N(Cc3ccc(Br)c(C=O)c3)S(C)(=O)=O)c(C3CC3)cc12. The van der Waals surface area contributed by atoms with Crippen molar-refractivity contribution in [2.45, 2.75) is 25.3 Å². The van der Waals surface area contributed by atoms with Crippen molar-refractivity contribution in [3.05, 3.63) is 87.1 Å². The third-order valence-corrected chi connectivity index (χ3v) is 8.45. The summed E-state index contributed by atoms with van der Waals surface area (Å²) in [5, 5.41) is 3.19. The fourth-order valence-corrected chi connectivity index (χ4v) is 5.81. The number of rotatable bonds is 8. The number of amides is 1. The normalized spacial score (nSPS) is 13.5. The second-order valence-corrected chi connectivity index (χ2v) is 12.1. The van der Waals surface area contributed by atoms with Gasteiger partial charge in [-0.05, 0) is 72.4 Å². The lowest BCUT2D eigenvalue weighted by atomic mass is 10.00. The average Bonchev–Trinajstić information content (AvgIpc) is 3.67. The maximum absolute atomic E-state index is 13.6. The quantitative estimate of drug-likeness (QED) is 0.250. The first kappa shape index (κ1) is 26.1. The Kier molecular flexibility index (Phi) is 6.87. The maximum atomic E-state index is 13.6. The maximum Gasteiger partial charge on any atom is 0.255 e. The van der Waals surface area contributed by atoms with Gasteiger partial charge in [0.05, 0.1) is 24.1 Å². The number of anilines is 1. The Morgan fingerprint density at radius 3 is 2.47 bits per heavy atom. The molecule has 1 aliphatic carbocycles. The zero-order valence-electron chi connectivity index (χ0n) is 20.6. The van der Waals surface area contributed by atoms with E-state index in [2.05, 4.69) is 21.2 Å². The Labute approximate surface area is 227 Å². The first-order valence-electron chi connectivity index (χ1n) is 11.9. The van der Waals surface area contributed by atoms with E-state index in [1.807, 2.05) is 6.07 Å². The molecule has 1 heterocycles. The van der Waals surface area contributed by atoms with Crippen LogP contribution in [0.1, 0.15) is 50.6 Å². The number of carbonyl (C=O) groups is 2. The molecule has 4 aromatic rings. The predicted octanol–water partition coefficient (Wildman–Crippen LogP) is 6.02. The number of nitrogens with zero attached hydrogens (tertiary/aromatic N) is 1. The molecular formula is C28H24BrFN2O5S. The molecule has 1 amide bonds. The van der Waals surface area contributed by atoms with Crippen LogP contribution < -0.4 is 9.62 Å². The molecule has 5 rings (SSSR count). The van der Waals surface area contributed by atoms with Gasteiger partial charge in [0.25, 0.3) is 5.91 Å². The van der Waals surface area contributed by atoms with E-state index in [1.165, 1.54) is 35.6 Å². The molecule has 0 radical (unpaired) electrons. The van der Waals surface area contributed by atoms with Crippen LogP contribution in [0.25, 0.3) is 22.3 Å². The van der Waals surface area contributed by atoms with Gasteiger partial charge < -0.3 is 9.73 Å². The van der Waals surface area contributed by atoms with Gasteiger partial charge in [0.1, 0.15) is 17.2 Å². The molecule has 0 saturated heterocycles. The van der Waals surface area contributed by atoms with E-state index in [1.54, 1.807) is 24.3 Å². The Morgan fingerprint density at radius 2 is 1.87 bits per heavy atom. The van der Waals surface area contributed by atoms with E-state index < -0.39 is 15.8 Å². The van der Waals surface area contributed by atoms with Gasteiger partial charge >= 0.3 is 0 Å². The van der Waals surface area contributed by atoms with Gasteiger partial charge in [0.2, 0.25) is 10.0 Å². The summed E-state index contributed by atoms with van der Waals surface area (Å²) in [6.07, 6.45) is 3.62. The van der Waals surface area contributed by atoms with Crippen LogP contribution in [0.2, 0.25) is 0 Å². The summed E-state index contributed by atoms with van der Waals surface area (Å²) in [4.78, 5) is 24.4. The summed E-state index contributed by atoms with van der Waals surface area (Å²) in [6, 6.07) is 14.2. The van der Waals surface area contributed by atoms with Crippen LogP contribution in [-0.4, -0.2) is 33.9 Å². The van der Waals surface area contributed by atoms with Crippen molar-refractivity contribution in [3.63, 3.8) is 0 Å². The number of furan rings is 1. The molecule has 10 heteroatoms. The molecule has 1 aliphatic rings. The summed E-state index contributed by atoms with van der Waals surface area (Å²) in [6.45, 7) is 0.00596. The summed E-state index contributed by atoms with van der Waals surface area (Å²) >= 11 is 3.33. The number of hydrogen-bond acceptors (Lipinski definition) is 5. The predicted molar refractivity (Wildman–Crippen MR) is 148 cm³/mol. The third-order valence-electron chi connectivity index (χ3n) is 6.60. The topological polar surface area (TPSA) is 96.7 Å². The van der Waals surface area contributed by atoms with Gasteiger partial charge in [-0.2, -0.15) is 0 Å². The van der Waals surface area contributed by atoms with Crippen molar-refractivity contribution in [1.82, 2.24) is 5.32 Å². The summed E-state index contributed by atoms with van der Waals surface area (Å²) in [5.41, 5.74) is 3.47. The minimum absolute atomic E-state index is 0.00596. The molecule has 0 bridgehead atoms. The van der Waals surface area contributed by atoms with Gasteiger partial charge in [0.15, 0.2) is 6.29 Å². The van der Waals surface area contributed by atoms with Gasteiger partial charge in [0, 0.05) is 34.1 Å². The van der Waals surface area contributed by atoms with Crippen molar-refractivity contribution in [2.75, 3.05) is 17.6 Å². The van der Waals surface area contributed by atoms with Crippen molar-refractivity contribution >= 4 is 54.8 Å². The minimum atomic E-state index is -3.75. The van der Waals surface area contributed by atoms with E-state index in [0.29, 0.717) is 49.7 Å². The Morgan fingerprint density at radius 1 is 1.16 bits per heavy atom. The summed E-state index contributed by atoms with van der Waals surface area (Å²) in [7, 11) is -2.24. The van der Waals surface area contributed by atoms with Gasteiger partial charge in [-0.15, -0.1) is 0 Å². The fraction of sp³-hybridized carbons (Fsp3) is 0.214. The molecule has 0 unspecified atom stereocenters. The Balaban J connectivity index is 1.71. The standard InChI is InChI=1S/C28H24BrFN2O5S/c1-31-28(34)26-22-12-21(17-4-5-17)24(13-25(22)37-27(26)18-6-8-20(30)9-7-18)32(38(2,35)36)14-16-3-10-23(29)19(11-16)15-33/h3,6-13,15,17H,4-5,14H2,1-2H3,(H,31,34). The molecule has 3 aromatic carbocycles. The van der Waals surface area contributed by atoms with E-state index in [4.69, 9.17) is 4.42 Å². The van der Waals surface area contributed by atoms with Crippen molar-refractivity contribution in [2.24, 2.45) is 0 Å². The van der Waals surface area contributed by atoms with Crippen molar-refractivity contribution in [3.8, 4) is 11.3 Å². The summed E-state index contributed by atoms with van der Waals surface area (Å²) in [5.74, 6) is -0.378. The number of aldehydes is 1. The number of halogens is 2. The number of benzene rings is 3. The van der Waals surface area contributed by atoms with Crippen LogP contribution in [0.4, 0.5) is 10.1 Å². The lowest BCUT2D eigenvalue weighted by Gasteiger charge is -2.25. The zero-order valence-corrected chi connectivity index (χ0v) is 23.0. The first-order chi connectivity index (χ1) is 18.1. The van der Waals surface area contributed by atoms with Crippen molar-refractivity contribution in [1.29, 1.82) is 0 Å². The number of hydrogen-bond donors (Lipinski definition) is 1. The molecule has 0 aliphatic heterocycles. The zero-order chi connectivity index (χ0) is 27.2. The second kappa shape index (κ2) is 9.99. The molecule has 0 atom stereocenters. The highest BCUT2D eigenvalue weighted by Crippen LogP contribution is 2.48. The Bertz CT molecular complexity index is 1680. The van der Waals surface area contributed by atoms with E-state index in [0.717, 1.165) is 24.7 Å². The van der Waals surface area contributed by atoms with Gasteiger partial charge in [-0.25, -0.2) is 12.8 Å². The van der Waals surface area contributed by atoms with E-state index in [-0.39, 0.29) is 24.1 Å². The van der Waals surface area contributed by atoms with Crippen molar-refractivity contribution < 1.29 is 26.8 Å². The first-order valence-corrected chi connectivity index (χ1v) is 14.5. The highest BCUT2D eigenvalue weighted by molar-refractivity contribution is 9.10. The molecule has 196 valence electrons. The summed E-state index contributed by atoms with van der Waals surface area (Å²) < 4.78 is 47.8. The highest BCUT2D eigenvalue weighted by Gasteiger charge is 2.33. The Hall–Kier alpha value is -3.50. The smallest absolute Gasteiger partial charge is 0.255 e. The lowest BCUT2D eigenvalue weighted by Crippen LogP contribution is -2.30. The molecule has 38 heavy (non-hydrogen) atoms. The minimum Gasteiger partial charge on any atom is -0.455 e. The molecule has 7 nitrogen and oxygen atoms in total. The van der Waals surface area contributed by atoms with Gasteiger partial charge in [-0.3, -0.25) is 13.9 Å². The van der Waals surface area contributed by atoms with Crippen LogP contribution in [0.3, 0.4) is 0 Å². The van der Waals surface area contributed by atoms with E-state index >= 15 is 0 Å². The number of carbonyl (C=O) groups excluding carboxylic acids is 2. The highest BCUT2D eigenvalue weighted by atomic mass is 79.9. The van der Waals surface area contributed by atoms with Crippen LogP contribution in [0, 0.1) is 5.82 Å². The fourth-order valence-electron chi connectivity index (χ4n) is 4.57. The molecule has 1 aromatic heterocycles. The number of fused-ring (bicyclic) bond motifs is 1. The lowest BCUT2D eigenvalue weighted by molar-refractivity contribution is 0.0964. The number of nitrogens with one attached hydrogen (secondary N) is 1. The molecular weight excluding hydrogens is 575 g/mol. The number of sulfonamides is 1. The van der Waals surface area contributed by atoms with Crippen LogP contribution in [0.15, 0.2) is 63.5 Å². The third kappa shape index (κ3) is 4.98. The van der Waals surface area contributed by atoms with E-state index in [9.17, 15) is 22.4 Å². The molecule has 0 spiro atoms. The van der Waals surface area contributed by atoms with Crippen LogP contribution in [0.5, 0.6) is 0 Å².